The van der Waals surface area contributed by atoms with Crippen LogP contribution in [0.25, 0.3) is 0 Å². The van der Waals surface area contributed by atoms with Crippen molar-refractivity contribution in [2.24, 2.45) is 0 Å². The van der Waals surface area contributed by atoms with Crippen LogP contribution in [0.5, 0.6) is 0 Å². The maximum atomic E-state index is 11.0. The molecular weight excluding hydrogens is 176 g/mol. The van der Waals surface area contributed by atoms with Gasteiger partial charge in [-0.3, -0.25) is 4.98 Å². The van der Waals surface area contributed by atoms with Gasteiger partial charge in [-0.1, -0.05) is 0 Å². The van der Waals surface area contributed by atoms with E-state index in [1.54, 1.807) is 6.07 Å². The van der Waals surface area contributed by atoms with E-state index >= 15 is 0 Å². The smallest absolute Gasteiger partial charge is 0.178 e. The molecule has 1 rings (SSSR count). The lowest BCUT2D eigenvalue weighted by molar-refractivity contribution is 0.601. The Morgan fingerprint density at radius 2 is 2.25 bits per heavy atom. The van der Waals surface area contributed by atoms with E-state index in [1.807, 2.05) is 0 Å². The first-order valence-electron chi connectivity index (χ1n) is 3.10. The van der Waals surface area contributed by atoms with Gasteiger partial charge < -0.3 is 0 Å². The topological polar surface area (TPSA) is 70.8 Å². The zero-order valence-corrected chi connectivity index (χ0v) is 7.17. The van der Waals surface area contributed by atoms with Crippen LogP contribution in [-0.4, -0.2) is 19.7 Å². The van der Waals surface area contributed by atoms with Crippen molar-refractivity contribution in [1.82, 2.24) is 4.98 Å². The van der Waals surface area contributed by atoms with Gasteiger partial charge >= 0.3 is 0 Å². The predicted molar refractivity (Wildman–Crippen MR) is 42.1 cm³/mol. The molecule has 12 heavy (non-hydrogen) atoms. The Kier molecular flexibility index (Phi) is 2.11. The molecular formula is C7H6N2O2S. The van der Waals surface area contributed by atoms with E-state index < -0.39 is 9.84 Å². The minimum atomic E-state index is -3.33. The molecule has 0 radical (unpaired) electrons. The van der Waals surface area contributed by atoms with Gasteiger partial charge in [0.1, 0.15) is 11.0 Å². The Hall–Kier alpha value is -1.41. The highest BCUT2D eigenvalue weighted by molar-refractivity contribution is 7.90. The van der Waals surface area contributed by atoms with Crippen molar-refractivity contribution < 1.29 is 8.42 Å². The number of hydrogen-bond donors (Lipinski definition) is 0. The van der Waals surface area contributed by atoms with E-state index in [1.165, 1.54) is 18.5 Å². The van der Waals surface area contributed by atoms with Gasteiger partial charge in [0.2, 0.25) is 0 Å². The van der Waals surface area contributed by atoms with E-state index in [4.69, 9.17) is 5.26 Å². The van der Waals surface area contributed by atoms with E-state index in [9.17, 15) is 8.42 Å². The number of rotatable bonds is 1. The zero-order chi connectivity index (χ0) is 9.19. The summed E-state index contributed by atoms with van der Waals surface area (Å²) in [5.41, 5.74) is 0.132. The standard InChI is InChI=1S/C7H6N2O2S/c1-12(10,11)7-5-9-3-2-6(7)4-8/h2-3,5H,1H3. The highest BCUT2D eigenvalue weighted by atomic mass is 32.2. The van der Waals surface area contributed by atoms with Gasteiger partial charge in [-0.25, -0.2) is 8.42 Å². The lowest BCUT2D eigenvalue weighted by Crippen LogP contribution is -2.00. The van der Waals surface area contributed by atoms with Crippen LogP contribution < -0.4 is 0 Å². The number of nitriles is 1. The highest BCUT2D eigenvalue weighted by Crippen LogP contribution is 2.11. The molecule has 0 unspecified atom stereocenters. The molecule has 0 bridgehead atoms. The van der Waals surface area contributed by atoms with E-state index in [0.29, 0.717) is 0 Å². The Morgan fingerprint density at radius 3 is 2.67 bits per heavy atom. The Labute approximate surface area is 70.4 Å². The molecule has 1 aromatic heterocycles. The summed E-state index contributed by atoms with van der Waals surface area (Å²) >= 11 is 0. The SMILES string of the molecule is CS(=O)(=O)c1cnccc1C#N. The average Bonchev–Trinajstić information content (AvgIpc) is 2.03. The van der Waals surface area contributed by atoms with Gasteiger partial charge in [-0.2, -0.15) is 5.26 Å². The fraction of sp³-hybridized carbons (Fsp3) is 0.143. The molecule has 0 N–H and O–H groups in total. The number of aromatic nitrogens is 1. The average molecular weight is 182 g/mol. The van der Waals surface area contributed by atoms with E-state index in [2.05, 4.69) is 4.98 Å². The van der Waals surface area contributed by atoms with Crippen LogP contribution in [-0.2, 0) is 9.84 Å². The van der Waals surface area contributed by atoms with Crippen LogP contribution in [0, 0.1) is 11.3 Å². The van der Waals surface area contributed by atoms with Gasteiger partial charge in [-0.05, 0) is 6.07 Å². The van der Waals surface area contributed by atoms with Gasteiger partial charge in [0.15, 0.2) is 9.84 Å². The minimum absolute atomic E-state index is 0.0208. The summed E-state index contributed by atoms with van der Waals surface area (Å²) in [6.07, 6.45) is 3.60. The third-order valence-electron chi connectivity index (χ3n) is 1.30. The maximum Gasteiger partial charge on any atom is 0.178 e. The van der Waals surface area contributed by atoms with Gasteiger partial charge in [-0.15, -0.1) is 0 Å². The summed E-state index contributed by atoms with van der Waals surface area (Å²) < 4.78 is 22.0. The van der Waals surface area contributed by atoms with Crippen LogP contribution in [0.4, 0.5) is 0 Å². The lowest BCUT2D eigenvalue weighted by Gasteiger charge is -1.97. The zero-order valence-electron chi connectivity index (χ0n) is 6.35. The normalized spacial score (nSPS) is 10.7. The number of pyridine rings is 1. The molecule has 0 aromatic carbocycles. The molecule has 0 fully saturated rings. The van der Waals surface area contributed by atoms with Gasteiger partial charge in [0, 0.05) is 18.6 Å². The summed E-state index contributed by atoms with van der Waals surface area (Å²) in [6, 6.07) is 3.15. The quantitative estimate of drug-likeness (QED) is 0.628. The van der Waals surface area contributed by atoms with Crippen molar-refractivity contribution in [1.29, 1.82) is 5.26 Å². The van der Waals surface area contributed by atoms with Gasteiger partial charge in [0.25, 0.3) is 0 Å². The van der Waals surface area contributed by atoms with Crippen LogP contribution in [0.2, 0.25) is 0 Å². The Bertz CT molecular complexity index is 431. The second kappa shape index (κ2) is 2.91. The van der Waals surface area contributed by atoms with Crippen LogP contribution in [0.15, 0.2) is 23.4 Å². The van der Waals surface area contributed by atoms with Crippen molar-refractivity contribution in [3.63, 3.8) is 0 Å². The Balaban J connectivity index is 3.47. The summed E-state index contributed by atoms with van der Waals surface area (Å²) in [5, 5.41) is 8.54. The third kappa shape index (κ3) is 1.60. The molecule has 0 saturated carbocycles. The maximum absolute atomic E-state index is 11.0. The molecule has 1 heterocycles. The fourth-order valence-electron chi connectivity index (χ4n) is 0.768. The summed E-state index contributed by atoms with van der Waals surface area (Å²) in [7, 11) is -3.33. The second-order valence-corrected chi connectivity index (χ2v) is 4.24. The fourth-order valence-corrected chi connectivity index (χ4v) is 1.53. The minimum Gasteiger partial charge on any atom is -0.263 e. The number of nitrogens with zero attached hydrogens (tertiary/aromatic N) is 2. The van der Waals surface area contributed by atoms with E-state index in [0.717, 1.165) is 6.26 Å². The van der Waals surface area contributed by atoms with Crippen LogP contribution >= 0.6 is 0 Å². The lowest BCUT2D eigenvalue weighted by atomic mass is 10.3. The molecule has 0 atom stereocenters. The predicted octanol–water partition coefficient (Wildman–Crippen LogP) is 0.357. The molecule has 0 aliphatic heterocycles. The molecule has 0 aliphatic carbocycles. The first-order valence-corrected chi connectivity index (χ1v) is 4.99. The molecule has 62 valence electrons. The molecule has 1 aromatic rings. The van der Waals surface area contributed by atoms with Gasteiger partial charge in [0.05, 0.1) is 5.56 Å². The third-order valence-corrected chi connectivity index (χ3v) is 2.43. The van der Waals surface area contributed by atoms with Crippen molar-refractivity contribution in [2.45, 2.75) is 4.90 Å². The second-order valence-electron chi connectivity index (χ2n) is 2.26. The first kappa shape index (κ1) is 8.68. The van der Waals surface area contributed by atoms with Crippen molar-refractivity contribution in [3.05, 3.63) is 24.0 Å². The summed E-state index contributed by atoms with van der Waals surface area (Å²) in [6.45, 7) is 0. The molecule has 0 saturated heterocycles. The van der Waals surface area contributed by atoms with E-state index in [-0.39, 0.29) is 10.5 Å². The van der Waals surface area contributed by atoms with Crippen LogP contribution in [0.1, 0.15) is 5.56 Å². The van der Waals surface area contributed by atoms with Crippen molar-refractivity contribution >= 4 is 9.84 Å². The molecule has 0 aliphatic rings. The molecule has 4 nitrogen and oxygen atoms in total. The van der Waals surface area contributed by atoms with Crippen molar-refractivity contribution in [3.8, 4) is 6.07 Å². The number of sulfone groups is 1. The monoisotopic (exact) mass is 182 g/mol. The summed E-state index contributed by atoms with van der Waals surface area (Å²) in [4.78, 5) is 3.61. The van der Waals surface area contributed by atoms with Crippen molar-refractivity contribution in [2.75, 3.05) is 6.26 Å². The number of hydrogen-bond acceptors (Lipinski definition) is 4. The molecule has 0 amide bonds. The molecule has 0 spiro atoms. The first-order chi connectivity index (χ1) is 5.55. The Morgan fingerprint density at radius 1 is 1.58 bits per heavy atom. The highest BCUT2D eigenvalue weighted by Gasteiger charge is 2.11. The molecule has 5 heteroatoms. The van der Waals surface area contributed by atoms with Crippen LogP contribution in [0.3, 0.4) is 0 Å². The largest absolute Gasteiger partial charge is 0.263 e. The summed E-state index contributed by atoms with van der Waals surface area (Å²) in [5.74, 6) is 0.